The van der Waals surface area contributed by atoms with E-state index in [9.17, 15) is 13.2 Å². The summed E-state index contributed by atoms with van der Waals surface area (Å²) >= 11 is 1.37. The van der Waals surface area contributed by atoms with Crippen molar-refractivity contribution in [2.75, 3.05) is 5.73 Å². The maximum atomic E-state index is 12.4. The number of benzene rings is 2. The summed E-state index contributed by atoms with van der Waals surface area (Å²) in [5.74, 6) is 0. The number of anilines is 1. The molecule has 2 aromatic carbocycles. The third-order valence-electron chi connectivity index (χ3n) is 2.28. The van der Waals surface area contributed by atoms with E-state index < -0.39 is 11.7 Å². The van der Waals surface area contributed by atoms with Crippen LogP contribution < -0.4 is 5.73 Å². The smallest absolute Gasteiger partial charge is 0.399 e. The molecule has 0 aliphatic heterocycles. The van der Waals surface area contributed by atoms with Gasteiger partial charge in [0.1, 0.15) is 0 Å². The first-order chi connectivity index (χ1) is 8.45. The molecule has 0 saturated heterocycles. The van der Waals surface area contributed by atoms with Gasteiger partial charge in [-0.25, -0.2) is 0 Å². The van der Waals surface area contributed by atoms with Gasteiger partial charge in [-0.3, -0.25) is 0 Å². The quantitative estimate of drug-likeness (QED) is 0.816. The van der Waals surface area contributed by atoms with E-state index in [-0.39, 0.29) is 0 Å². The van der Waals surface area contributed by atoms with E-state index in [1.807, 2.05) is 12.1 Å². The topological polar surface area (TPSA) is 26.0 Å². The van der Waals surface area contributed by atoms with Gasteiger partial charge in [0, 0.05) is 15.5 Å². The Balaban J connectivity index is 2.16. The predicted octanol–water partition coefficient (Wildman–Crippen LogP) is 4.44. The number of halogens is 3. The highest BCUT2D eigenvalue weighted by Gasteiger charge is 2.29. The maximum absolute atomic E-state index is 12.4. The second-order valence-corrected chi connectivity index (χ2v) is 4.84. The molecule has 5 heteroatoms. The minimum atomic E-state index is -4.29. The Morgan fingerprint density at radius 1 is 0.889 bits per heavy atom. The summed E-state index contributed by atoms with van der Waals surface area (Å²) in [6.45, 7) is 0. The molecule has 0 unspecified atom stereocenters. The molecule has 94 valence electrons. The molecular formula is C13H10F3NS. The van der Waals surface area contributed by atoms with Gasteiger partial charge < -0.3 is 5.73 Å². The Bertz CT molecular complexity index is 535. The monoisotopic (exact) mass is 269 g/mol. The van der Waals surface area contributed by atoms with E-state index >= 15 is 0 Å². The van der Waals surface area contributed by atoms with Gasteiger partial charge in [0.2, 0.25) is 0 Å². The van der Waals surface area contributed by atoms with E-state index in [0.717, 1.165) is 21.9 Å². The average Bonchev–Trinajstić information content (AvgIpc) is 2.28. The molecule has 0 fully saturated rings. The number of hydrogen-bond acceptors (Lipinski definition) is 2. The number of hydrogen-bond donors (Lipinski definition) is 1. The molecule has 18 heavy (non-hydrogen) atoms. The number of alkyl halides is 3. The van der Waals surface area contributed by atoms with E-state index in [1.165, 1.54) is 23.9 Å². The molecule has 2 N–H and O–H groups in total. The first-order valence-electron chi connectivity index (χ1n) is 5.16. The zero-order valence-electron chi connectivity index (χ0n) is 9.24. The highest BCUT2D eigenvalue weighted by Crippen LogP contribution is 2.33. The molecule has 1 nitrogen and oxygen atoms in total. The Morgan fingerprint density at radius 2 is 1.56 bits per heavy atom. The fourth-order valence-electron chi connectivity index (χ4n) is 1.43. The first kappa shape index (κ1) is 12.8. The zero-order valence-corrected chi connectivity index (χ0v) is 10.1. The fraction of sp³-hybridized carbons (Fsp3) is 0.0769. The van der Waals surface area contributed by atoms with Crippen LogP contribution in [0.2, 0.25) is 0 Å². The minimum Gasteiger partial charge on any atom is -0.399 e. The molecule has 0 saturated carbocycles. The minimum absolute atomic E-state index is 0.631. The van der Waals surface area contributed by atoms with Crippen molar-refractivity contribution in [2.45, 2.75) is 16.0 Å². The molecule has 0 amide bonds. The third kappa shape index (κ3) is 3.20. The lowest BCUT2D eigenvalue weighted by molar-refractivity contribution is -0.137. The van der Waals surface area contributed by atoms with Crippen LogP contribution in [-0.4, -0.2) is 0 Å². The first-order valence-corrected chi connectivity index (χ1v) is 5.97. The molecule has 0 atom stereocenters. The van der Waals surface area contributed by atoms with Crippen molar-refractivity contribution < 1.29 is 13.2 Å². The SMILES string of the molecule is Nc1cccc(Sc2ccc(C(F)(F)F)cc2)c1. The lowest BCUT2D eigenvalue weighted by Gasteiger charge is -2.07. The summed E-state index contributed by atoms with van der Waals surface area (Å²) in [4.78, 5) is 1.64. The van der Waals surface area contributed by atoms with Crippen LogP contribution in [0.15, 0.2) is 58.3 Å². The van der Waals surface area contributed by atoms with Crippen LogP contribution in [0.25, 0.3) is 0 Å². The van der Waals surface area contributed by atoms with Crippen LogP contribution in [0.1, 0.15) is 5.56 Å². The second-order valence-electron chi connectivity index (χ2n) is 3.70. The summed E-state index contributed by atoms with van der Waals surface area (Å²) in [5.41, 5.74) is 5.62. The molecule has 2 rings (SSSR count). The standard InChI is InChI=1S/C13H10F3NS/c14-13(15,16)9-4-6-11(7-5-9)18-12-3-1-2-10(17)8-12/h1-8H,17H2. The van der Waals surface area contributed by atoms with E-state index in [4.69, 9.17) is 5.73 Å². The molecular weight excluding hydrogens is 259 g/mol. The van der Waals surface area contributed by atoms with Crippen molar-refractivity contribution in [3.63, 3.8) is 0 Å². The lowest BCUT2D eigenvalue weighted by atomic mass is 10.2. The molecule has 0 aromatic heterocycles. The molecule has 0 aliphatic rings. The van der Waals surface area contributed by atoms with Crippen molar-refractivity contribution in [2.24, 2.45) is 0 Å². The van der Waals surface area contributed by atoms with Crippen molar-refractivity contribution in [3.8, 4) is 0 Å². The van der Waals surface area contributed by atoms with E-state index in [0.29, 0.717) is 5.69 Å². The highest BCUT2D eigenvalue weighted by atomic mass is 32.2. The van der Waals surface area contributed by atoms with Gasteiger partial charge in [0.25, 0.3) is 0 Å². The molecule has 0 aliphatic carbocycles. The molecule has 0 bridgehead atoms. The van der Waals surface area contributed by atoms with Crippen LogP contribution in [0.5, 0.6) is 0 Å². The maximum Gasteiger partial charge on any atom is 0.416 e. The molecule has 0 spiro atoms. The van der Waals surface area contributed by atoms with E-state index in [1.54, 1.807) is 12.1 Å². The van der Waals surface area contributed by atoms with Crippen LogP contribution in [-0.2, 0) is 6.18 Å². The molecule has 2 aromatic rings. The van der Waals surface area contributed by atoms with Gasteiger partial charge >= 0.3 is 6.18 Å². The van der Waals surface area contributed by atoms with E-state index in [2.05, 4.69) is 0 Å². The van der Waals surface area contributed by atoms with Crippen molar-refractivity contribution in [1.82, 2.24) is 0 Å². The van der Waals surface area contributed by atoms with Crippen molar-refractivity contribution in [1.29, 1.82) is 0 Å². The lowest BCUT2D eigenvalue weighted by Crippen LogP contribution is -2.03. The Morgan fingerprint density at radius 3 is 2.11 bits per heavy atom. The van der Waals surface area contributed by atoms with Gasteiger partial charge in [-0.15, -0.1) is 0 Å². The largest absolute Gasteiger partial charge is 0.416 e. The average molecular weight is 269 g/mol. The van der Waals surface area contributed by atoms with Gasteiger partial charge in [-0.05, 0) is 42.5 Å². The zero-order chi connectivity index (χ0) is 13.2. The van der Waals surface area contributed by atoms with Crippen LogP contribution in [0.3, 0.4) is 0 Å². The van der Waals surface area contributed by atoms with Gasteiger partial charge in [0.15, 0.2) is 0 Å². The van der Waals surface area contributed by atoms with Crippen molar-refractivity contribution in [3.05, 3.63) is 54.1 Å². The van der Waals surface area contributed by atoms with Crippen molar-refractivity contribution >= 4 is 17.4 Å². The molecule has 0 radical (unpaired) electrons. The van der Waals surface area contributed by atoms with Gasteiger partial charge in [0.05, 0.1) is 5.56 Å². The number of rotatable bonds is 2. The fourth-order valence-corrected chi connectivity index (χ4v) is 2.31. The van der Waals surface area contributed by atoms with Gasteiger partial charge in [-0.2, -0.15) is 13.2 Å². The van der Waals surface area contributed by atoms with Crippen LogP contribution >= 0.6 is 11.8 Å². The van der Waals surface area contributed by atoms with Crippen LogP contribution in [0, 0.1) is 0 Å². The summed E-state index contributed by atoms with van der Waals surface area (Å²) in [6.07, 6.45) is -4.29. The summed E-state index contributed by atoms with van der Waals surface area (Å²) in [6, 6.07) is 12.3. The Hall–Kier alpha value is -1.62. The summed E-state index contributed by atoms with van der Waals surface area (Å²) in [5, 5.41) is 0. The predicted molar refractivity (Wildman–Crippen MR) is 66.4 cm³/mol. The summed E-state index contributed by atoms with van der Waals surface area (Å²) in [7, 11) is 0. The Labute approximate surface area is 107 Å². The number of nitrogen functional groups attached to an aromatic ring is 1. The van der Waals surface area contributed by atoms with Crippen LogP contribution in [0.4, 0.5) is 18.9 Å². The molecule has 0 heterocycles. The third-order valence-corrected chi connectivity index (χ3v) is 3.27. The summed E-state index contributed by atoms with van der Waals surface area (Å²) < 4.78 is 37.1. The van der Waals surface area contributed by atoms with Gasteiger partial charge in [-0.1, -0.05) is 17.8 Å². The Kier molecular flexibility index (Phi) is 3.52. The number of nitrogens with two attached hydrogens (primary N) is 1. The highest BCUT2D eigenvalue weighted by molar-refractivity contribution is 7.99. The normalized spacial score (nSPS) is 11.5. The second kappa shape index (κ2) is 4.94.